The number of phenolic OH excluding ortho intramolecular Hbond substituents is 1. The van der Waals surface area contributed by atoms with Gasteiger partial charge in [-0.3, -0.25) is 9.78 Å². The number of benzene rings is 1. The number of aromatic hydroxyl groups is 1. The summed E-state index contributed by atoms with van der Waals surface area (Å²) >= 11 is 0. The highest BCUT2D eigenvalue weighted by Gasteiger charge is 2.37. The molecule has 5 N–H and O–H groups in total. The van der Waals surface area contributed by atoms with Gasteiger partial charge in [0.1, 0.15) is 40.1 Å². The highest BCUT2D eigenvalue weighted by molar-refractivity contribution is 6.03. The number of hydrogen-bond acceptors (Lipinski definition) is 8. The van der Waals surface area contributed by atoms with Gasteiger partial charge in [-0.05, 0) is 74.4 Å². The van der Waals surface area contributed by atoms with Crippen molar-refractivity contribution in [3.63, 3.8) is 0 Å². The Balaban J connectivity index is 1.37. The van der Waals surface area contributed by atoms with Crippen LogP contribution in [0.3, 0.4) is 0 Å². The third-order valence-corrected chi connectivity index (χ3v) is 7.53. The van der Waals surface area contributed by atoms with Crippen LogP contribution in [-0.4, -0.2) is 47.1 Å². The normalized spacial score (nSPS) is 21.0. The first-order chi connectivity index (χ1) is 19.4. The summed E-state index contributed by atoms with van der Waals surface area (Å²) in [7, 11) is 0. The van der Waals surface area contributed by atoms with E-state index in [0.29, 0.717) is 17.8 Å². The summed E-state index contributed by atoms with van der Waals surface area (Å²) in [6.07, 6.45) is 6.20. The number of carbonyl (C=O) groups is 1. The van der Waals surface area contributed by atoms with E-state index >= 15 is 0 Å². The molecule has 3 heterocycles. The van der Waals surface area contributed by atoms with Gasteiger partial charge >= 0.3 is 0 Å². The summed E-state index contributed by atoms with van der Waals surface area (Å²) in [5.41, 5.74) is 6.20. The molecule has 1 amide bonds. The minimum Gasteiger partial charge on any atom is -0.507 e. The number of phenols is 1. The third kappa shape index (κ3) is 5.66. The molecule has 1 aliphatic rings. The van der Waals surface area contributed by atoms with E-state index < -0.39 is 40.1 Å². The molecule has 1 aromatic carbocycles. The van der Waals surface area contributed by atoms with Crippen molar-refractivity contribution in [2.24, 2.45) is 11.7 Å². The predicted molar refractivity (Wildman–Crippen MR) is 147 cm³/mol. The maximum atomic E-state index is 14.6. The number of carbonyl (C=O) groups excluding carboxylic acids is 1. The summed E-state index contributed by atoms with van der Waals surface area (Å²) in [5, 5.41) is 31.5. The standard InChI is InChI=1S/C29H31F2N7O3/c1-15-11-16(12-20(32)27(15)38-14-24(36-37-38)29(2,3)41)17-9-10-33-13-22(17)35-28(40)21-8-7-19(31)26(34-21)25-18(30)5-4-6-23(25)39/h4-10,13-16,20,27,39,41H,11-12,32H2,1-3H3,(H,35,40)/t15-,16+,20+,27-/m0/s1. The Morgan fingerprint density at radius 3 is 2.61 bits per heavy atom. The number of nitrogens with two attached hydrogens (primary N) is 1. The van der Waals surface area contributed by atoms with Crippen LogP contribution < -0.4 is 11.1 Å². The van der Waals surface area contributed by atoms with Gasteiger partial charge in [0, 0.05) is 12.2 Å². The van der Waals surface area contributed by atoms with Gasteiger partial charge < -0.3 is 21.3 Å². The number of nitrogens with one attached hydrogen (secondary N) is 1. The van der Waals surface area contributed by atoms with Crippen molar-refractivity contribution in [1.29, 1.82) is 0 Å². The van der Waals surface area contributed by atoms with Crippen LogP contribution in [0.15, 0.2) is 55.0 Å². The lowest BCUT2D eigenvalue weighted by Gasteiger charge is -2.39. The average Bonchev–Trinajstić information content (AvgIpc) is 3.40. The van der Waals surface area contributed by atoms with Crippen molar-refractivity contribution in [3.05, 3.63) is 83.6 Å². The quantitative estimate of drug-likeness (QED) is 0.271. The Morgan fingerprint density at radius 2 is 1.93 bits per heavy atom. The molecule has 10 nitrogen and oxygen atoms in total. The van der Waals surface area contributed by atoms with Gasteiger partial charge in [-0.25, -0.2) is 18.4 Å². The number of aliphatic hydroxyl groups is 1. The maximum absolute atomic E-state index is 14.6. The molecule has 12 heteroatoms. The SMILES string of the molecule is C[C@H]1C[C@@H](c2ccncc2NC(=O)c2ccc(F)c(-c3c(O)cccc3F)n2)C[C@@H](N)[C@H]1n1cc(C(C)(C)O)nn1. The molecule has 1 saturated carbocycles. The summed E-state index contributed by atoms with van der Waals surface area (Å²) in [6.45, 7) is 5.36. The lowest BCUT2D eigenvalue weighted by Crippen LogP contribution is -2.42. The summed E-state index contributed by atoms with van der Waals surface area (Å²) in [5.74, 6) is -2.82. The van der Waals surface area contributed by atoms with Crippen molar-refractivity contribution in [1.82, 2.24) is 25.0 Å². The molecular weight excluding hydrogens is 532 g/mol. The van der Waals surface area contributed by atoms with Gasteiger partial charge in [0.15, 0.2) is 0 Å². The molecule has 0 spiro atoms. The van der Waals surface area contributed by atoms with Crippen LogP contribution >= 0.6 is 0 Å². The van der Waals surface area contributed by atoms with E-state index in [1.165, 1.54) is 24.4 Å². The Hall–Kier alpha value is -4.29. The molecule has 3 aromatic heterocycles. The van der Waals surface area contributed by atoms with Gasteiger partial charge in [0.25, 0.3) is 5.91 Å². The summed E-state index contributed by atoms with van der Waals surface area (Å²) in [4.78, 5) is 21.4. The number of nitrogens with zero attached hydrogens (tertiary/aromatic N) is 5. The zero-order chi connectivity index (χ0) is 29.5. The van der Waals surface area contributed by atoms with Crippen molar-refractivity contribution < 1.29 is 23.8 Å². The number of aromatic nitrogens is 5. The Labute approximate surface area is 235 Å². The van der Waals surface area contributed by atoms with Crippen LogP contribution in [0.25, 0.3) is 11.3 Å². The topological polar surface area (TPSA) is 152 Å². The third-order valence-electron chi connectivity index (χ3n) is 7.53. The number of hydrogen-bond donors (Lipinski definition) is 4. The number of halogens is 2. The fraction of sp³-hybridized carbons (Fsp3) is 0.345. The van der Waals surface area contributed by atoms with Crippen molar-refractivity contribution in [2.75, 3.05) is 5.32 Å². The zero-order valence-corrected chi connectivity index (χ0v) is 22.8. The first-order valence-electron chi connectivity index (χ1n) is 13.2. The van der Waals surface area contributed by atoms with Crippen molar-refractivity contribution in [3.8, 4) is 17.0 Å². The molecule has 214 valence electrons. The van der Waals surface area contributed by atoms with E-state index in [-0.39, 0.29) is 29.6 Å². The molecule has 4 aromatic rings. The van der Waals surface area contributed by atoms with Crippen LogP contribution in [0.5, 0.6) is 5.75 Å². The Bertz CT molecular complexity index is 1550. The lowest BCUT2D eigenvalue weighted by molar-refractivity contribution is 0.0736. The number of anilines is 1. The van der Waals surface area contributed by atoms with Crippen molar-refractivity contribution >= 4 is 11.6 Å². The monoisotopic (exact) mass is 563 g/mol. The summed E-state index contributed by atoms with van der Waals surface area (Å²) in [6, 6.07) is 7.16. The highest BCUT2D eigenvalue weighted by Crippen LogP contribution is 2.43. The molecular formula is C29H31F2N7O3. The molecule has 0 radical (unpaired) electrons. The molecule has 0 bridgehead atoms. The molecule has 0 unspecified atom stereocenters. The highest BCUT2D eigenvalue weighted by atomic mass is 19.1. The van der Waals surface area contributed by atoms with E-state index in [1.54, 1.807) is 30.9 Å². The van der Waals surface area contributed by atoms with Crippen LogP contribution in [0.1, 0.15) is 67.3 Å². The molecule has 1 aliphatic carbocycles. The second kappa shape index (κ2) is 10.9. The largest absolute Gasteiger partial charge is 0.507 e. The minimum atomic E-state index is -1.12. The second-order valence-electron chi connectivity index (χ2n) is 11.0. The fourth-order valence-electron chi connectivity index (χ4n) is 5.53. The van der Waals surface area contributed by atoms with Gasteiger partial charge in [-0.1, -0.05) is 18.2 Å². The van der Waals surface area contributed by atoms with E-state index in [4.69, 9.17) is 5.73 Å². The van der Waals surface area contributed by atoms with Crippen LogP contribution in [0, 0.1) is 17.6 Å². The lowest BCUT2D eigenvalue weighted by atomic mass is 9.73. The number of amides is 1. The van der Waals surface area contributed by atoms with E-state index in [0.717, 1.165) is 24.1 Å². The van der Waals surface area contributed by atoms with E-state index in [2.05, 4.69) is 32.5 Å². The van der Waals surface area contributed by atoms with Gasteiger partial charge in [0.05, 0.1) is 29.7 Å². The maximum Gasteiger partial charge on any atom is 0.274 e. The van der Waals surface area contributed by atoms with E-state index in [1.807, 2.05) is 6.07 Å². The second-order valence-corrected chi connectivity index (χ2v) is 11.0. The minimum absolute atomic E-state index is 0.0149. The van der Waals surface area contributed by atoms with Crippen LogP contribution in [0.2, 0.25) is 0 Å². The molecule has 1 fully saturated rings. The molecule has 0 saturated heterocycles. The first kappa shape index (κ1) is 28.2. The summed E-state index contributed by atoms with van der Waals surface area (Å²) < 4.78 is 30.7. The molecule has 0 aliphatic heterocycles. The van der Waals surface area contributed by atoms with Gasteiger partial charge in [-0.15, -0.1) is 5.10 Å². The predicted octanol–water partition coefficient (Wildman–Crippen LogP) is 4.28. The van der Waals surface area contributed by atoms with E-state index in [9.17, 15) is 23.8 Å². The number of rotatable bonds is 6. The molecule has 4 atom stereocenters. The smallest absolute Gasteiger partial charge is 0.274 e. The Morgan fingerprint density at radius 1 is 1.15 bits per heavy atom. The van der Waals surface area contributed by atoms with Crippen LogP contribution in [0.4, 0.5) is 14.5 Å². The molecule has 41 heavy (non-hydrogen) atoms. The van der Waals surface area contributed by atoms with Gasteiger partial charge in [-0.2, -0.15) is 0 Å². The first-order valence-corrected chi connectivity index (χ1v) is 13.2. The number of pyridine rings is 2. The van der Waals surface area contributed by atoms with Crippen molar-refractivity contribution in [2.45, 2.75) is 57.2 Å². The fourth-order valence-corrected chi connectivity index (χ4v) is 5.53. The Kier molecular flexibility index (Phi) is 7.54. The molecule has 5 rings (SSSR count). The van der Waals surface area contributed by atoms with Gasteiger partial charge in [0.2, 0.25) is 0 Å². The average molecular weight is 564 g/mol. The zero-order valence-electron chi connectivity index (χ0n) is 22.8. The van der Waals surface area contributed by atoms with Crippen LogP contribution in [-0.2, 0) is 5.60 Å².